The van der Waals surface area contributed by atoms with Crippen LogP contribution in [0.4, 0.5) is 10.5 Å². The molecule has 2 rings (SSSR count). The molecule has 1 saturated heterocycles. The van der Waals surface area contributed by atoms with Crippen molar-refractivity contribution < 1.29 is 14.3 Å². The summed E-state index contributed by atoms with van der Waals surface area (Å²) < 4.78 is 10.6. The lowest BCUT2D eigenvalue weighted by Gasteiger charge is -2.30. The average molecular weight is 278 g/mol. The van der Waals surface area contributed by atoms with Gasteiger partial charge in [-0.15, -0.1) is 0 Å². The predicted octanol–water partition coefficient (Wildman–Crippen LogP) is 2.48. The van der Waals surface area contributed by atoms with Gasteiger partial charge in [-0.1, -0.05) is 12.1 Å². The van der Waals surface area contributed by atoms with Crippen LogP contribution in [0.2, 0.25) is 0 Å². The zero-order chi connectivity index (χ0) is 14.4. The molecule has 0 atom stereocenters. The molecule has 1 aromatic carbocycles. The third-order valence-corrected chi connectivity index (χ3v) is 3.64. The molecule has 0 radical (unpaired) electrons. The molecule has 1 heterocycles. The number of hydrogen-bond donors (Lipinski definition) is 1. The van der Waals surface area contributed by atoms with Gasteiger partial charge in [0, 0.05) is 32.9 Å². The number of ether oxygens (including phenoxy) is 2. The van der Waals surface area contributed by atoms with Crippen molar-refractivity contribution in [1.82, 2.24) is 4.90 Å². The molecule has 5 heteroatoms. The minimum absolute atomic E-state index is 0.239. The summed E-state index contributed by atoms with van der Waals surface area (Å²) in [6.45, 7) is 1.72. The molecule has 0 aliphatic carbocycles. The molecule has 1 aliphatic heterocycles. The number of hydrogen-bond acceptors (Lipinski definition) is 4. The molecule has 0 spiro atoms. The van der Waals surface area contributed by atoms with Crippen LogP contribution in [0.15, 0.2) is 24.3 Å². The van der Waals surface area contributed by atoms with Crippen LogP contribution in [0.25, 0.3) is 0 Å². The fourth-order valence-corrected chi connectivity index (χ4v) is 2.28. The fraction of sp³-hybridized carbons (Fsp3) is 0.533. The van der Waals surface area contributed by atoms with Gasteiger partial charge in [0.05, 0.1) is 6.10 Å². The molecule has 1 amide bonds. The highest BCUT2D eigenvalue weighted by Crippen LogP contribution is 2.15. The zero-order valence-corrected chi connectivity index (χ0v) is 12.1. The molecule has 1 aliphatic rings. The van der Waals surface area contributed by atoms with E-state index in [9.17, 15) is 4.79 Å². The monoisotopic (exact) mass is 278 g/mol. The maximum Gasteiger partial charge on any atom is 0.410 e. The normalized spacial score (nSPS) is 16.0. The topological polar surface area (TPSA) is 50.8 Å². The van der Waals surface area contributed by atoms with E-state index in [2.05, 4.69) is 5.32 Å². The quantitative estimate of drug-likeness (QED) is 0.919. The van der Waals surface area contributed by atoms with Gasteiger partial charge in [-0.2, -0.15) is 0 Å². The molecule has 1 aromatic rings. The molecule has 0 unspecified atom stereocenters. The van der Waals surface area contributed by atoms with Crippen LogP contribution >= 0.6 is 0 Å². The number of benzene rings is 1. The van der Waals surface area contributed by atoms with Crippen molar-refractivity contribution in [2.75, 3.05) is 32.6 Å². The predicted molar refractivity (Wildman–Crippen MR) is 77.8 cm³/mol. The second kappa shape index (κ2) is 7.14. The summed E-state index contributed by atoms with van der Waals surface area (Å²) in [5.74, 6) is 0. The summed E-state index contributed by atoms with van der Waals surface area (Å²) in [6.07, 6.45) is 1.79. The summed E-state index contributed by atoms with van der Waals surface area (Å²) in [6, 6.07) is 7.84. The van der Waals surface area contributed by atoms with Crippen molar-refractivity contribution in [1.29, 1.82) is 0 Å². The van der Waals surface area contributed by atoms with E-state index in [1.54, 1.807) is 12.0 Å². The maximum atomic E-state index is 11.9. The largest absolute Gasteiger partial charge is 0.445 e. The molecule has 1 N–H and O–H groups in total. The Morgan fingerprint density at radius 3 is 2.50 bits per heavy atom. The van der Waals surface area contributed by atoms with Gasteiger partial charge in [0.25, 0.3) is 0 Å². The van der Waals surface area contributed by atoms with Gasteiger partial charge in [0.1, 0.15) is 6.61 Å². The van der Waals surface area contributed by atoms with Crippen molar-refractivity contribution in [2.45, 2.75) is 25.6 Å². The first-order valence-corrected chi connectivity index (χ1v) is 6.94. The van der Waals surface area contributed by atoms with Crippen molar-refractivity contribution in [3.8, 4) is 0 Å². The van der Waals surface area contributed by atoms with E-state index >= 15 is 0 Å². The third-order valence-electron chi connectivity index (χ3n) is 3.64. The smallest absolute Gasteiger partial charge is 0.410 e. The van der Waals surface area contributed by atoms with Crippen LogP contribution < -0.4 is 5.32 Å². The van der Waals surface area contributed by atoms with Crippen LogP contribution in [0.3, 0.4) is 0 Å². The summed E-state index contributed by atoms with van der Waals surface area (Å²) in [5.41, 5.74) is 2.03. The van der Waals surface area contributed by atoms with E-state index in [0.29, 0.717) is 19.7 Å². The lowest BCUT2D eigenvalue weighted by Crippen LogP contribution is -2.40. The molecular weight excluding hydrogens is 256 g/mol. The summed E-state index contributed by atoms with van der Waals surface area (Å²) in [7, 11) is 3.59. The van der Waals surface area contributed by atoms with E-state index in [-0.39, 0.29) is 12.2 Å². The number of carbonyl (C=O) groups is 1. The van der Waals surface area contributed by atoms with E-state index in [1.165, 1.54) is 0 Å². The van der Waals surface area contributed by atoms with Crippen molar-refractivity contribution in [2.24, 2.45) is 0 Å². The summed E-state index contributed by atoms with van der Waals surface area (Å²) in [5, 5.41) is 3.05. The van der Waals surface area contributed by atoms with Gasteiger partial charge in [-0.05, 0) is 30.5 Å². The first-order valence-electron chi connectivity index (χ1n) is 6.94. The van der Waals surface area contributed by atoms with Gasteiger partial charge in [0.15, 0.2) is 0 Å². The maximum absolute atomic E-state index is 11.9. The molecular formula is C15H22N2O3. The molecule has 0 bridgehead atoms. The number of carbonyl (C=O) groups excluding carboxylic acids is 1. The molecule has 110 valence electrons. The Balaban J connectivity index is 1.77. The van der Waals surface area contributed by atoms with Crippen LogP contribution in [0.1, 0.15) is 18.4 Å². The Morgan fingerprint density at radius 2 is 1.95 bits per heavy atom. The number of nitrogens with one attached hydrogen (secondary N) is 1. The van der Waals surface area contributed by atoms with Crippen LogP contribution in [0.5, 0.6) is 0 Å². The van der Waals surface area contributed by atoms with Crippen molar-refractivity contribution in [3.05, 3.63) is 29.8 Å². The molecule has 1 fully saturated rings. The molecule has 0 saturated carbocycles. The molecule has 0 aromatic heterocycles. The highest BCUT2D eigenvalue weighted by atomic mass is 16.6. The second-order valence-electron chi connectivity index (χ2n) is 4.92. The Kier molecular flexibility index (Phi) is 5.24. The first kappa shape index (κ1) is 14.7. The molecule has 20 heavy (non-hydrogen) atoms. The van der Waals surface area contributed by atoms with E-state index in [4.69, 9.17) is 9.47 Å². The second-order valence-corrected chi connectivity index (χ2v) is 4.92. The van der Waals surface area contributed by atoms with E-state index in [1.807, 2.05) is 31.3 Å². The SMILES string of the molecule is CNc1ccc(COC(=O)N2CCC(OC)CC2)cc1. The number of piperidine rings is 1. The van der Waals surface area contributed by atoms with Gasteiger partial charge >= 0.3 is 6.09 Å². The van der Waals surface area contributed by atoms with Crippen LogP contribution in [-0.2, 0) is 16.1 Å². The average Bonchev–Trinajstić information content (AvgIpc) is 2.53. The Hall–Kier alpha value is -1.75. The standard InChI is InChI=1S/C15H22N2O3/c1-16-13-5-3-12(4-6-13)11-20-15(18)17-9-7-14(19-2)8-10-17/h3-6,14,16H,7-11H2,1-2H3. The van der Waals surface area contributed by atoms with Gasteiger partial charge in [0.2, 0.25) is 0 Å². The zero-order valence-electron chi connectivity index (χ0n) is 12.1. The van der Waals surface area contributed by atoms with Crippen LogP contribution in [0, 0.1) is 0 Å². The number of methoxy groups -OCH3 is 1. The number of amides is 1. The Bertz CT molecular complexity index is 425. The third kappa shape index (κ3) is 3.87. The summed E-state index contributed by atoms with van der Waals surface area (Å²) >= 11 is 0. The number of rotatable bonds is 4. The van der Waals surface area contributed by atoms with E-state index in [0.717, 1.165) is 24.1 Å². The minimum atomic E-state index is -0.239. The number of nitrogens with zero attached hydrogens (tertiary/aromatic N) is 1. The lowest BCUT2D eigenvalue weighted by atomic mass is 10.1. The highest BCUT2D eigenvalue weighted by molar-refractivity contribution is 5.67. The first-order chi connectivity index (χ1) is 9.72. The minimum Gasteiger partial charge on any atom is -0.445 e. The van der Waals surface area contributed by atoms with Crippen molar-refractivity contribution >= 4 is 11.8 Å². The van der Waals surface area contributed by atoms with Gasteiger partial charge < -0.3 is 19.7 Å². The van der Waals surface area contributed by atoms with E-state index < -0.39 is 0 Å². The Labute approximate surface area is 119 Å². The Morgan fingerprint density at radius 1 is 1.30 bits per heavy atom. The van der Waals surface area contributed by atoms with Gasteiger partial charge in [-0.25, -0.2) is 4.79 Å². The van der Waals surface area contributed by atoms with Crippen molar-refractivity contribution in [3.63, 3.8) is 0 Å². The molecule has 5 nitrogen and oxygen atoms in total. The van der Waals surface area contributed by atoms with Gasteiger partial charge in [-0.3, -0.25) is 0 Å². The summed E-state index contributed by atoms with van der Waals surface area (Å²) in [4.78, 5) is 13.7. The number of likely N-dealkylation sites (tertiary alicyclic amines) is 1. The highest BCUT2D eigenvalue weighted by Gasteiger charge is 2.23. The fourth-order valence-electron chi connectivity index (χ4n) is 2.28. The number of anilines is 1. The lowest BCUT2D eigenvalue weighted by molar-refractivity contribution is 0.0317. The van der Waals surface area contributed by atoms with Crippen LogP contribution in [-0.4, -0.2) is 44.3 Å².